The van der Waals surface area contributed by atoms with E-state index in [4.69, 9.17) is 9.84 Å². The highest BCUT2D eigenvalue weighted by atomic mass is 32.2. The Hall–Kier alpha value is -3.99. The van der Waals surface area contributed by atoms with Crippen molar-refractivity contribution in [1.82, 2.24) is 19.0 Å². The van der Waals surface area contributed by atoms with Crippen LogP contribution < -0.4 is 9.64 Å². The number of para-hydroxylation sites is 1. The summed E-state index contributed by atoms with van der Waals surface area (Å²) in [5.74, 6) is 1.23. The zero-order chi connectivity index (χ0) is 32.7. The van der Waals surface area contributed by atoms with Gasteiger partial charge in [0, 0.05) is 43.6 Å². The van der Waals surface area contributed by atoms with E-state index in [2.05, 4.69) is 24.0 Å². The first-order valence-corrected chi connectivity index (χ1v) is 18.2. The van der Waals surface area contributed by atoms with Crippen molar-refractivity contribution in [3.05, 3.63) is 89.6 Å². The molecule has 1 unspecified atom stereocenters. The minimum atomic E-state index is -3.62. The van der Waals surface area contributed by atoms with Crippen molar-refractivity contribution in [3.63, 3.8) is 0 Å². The molecule has 0 bridgehead atoms. The van der Waals surface area contributed by atoms with E-state index in [1.165, 1.54) is 18.4 Å². The lowest BCUT2D eigenvalue weighted by molar-refractivity contribution is 0.0989. The van der Waals surface area contributed by atoms with Gasteiger partial charge < -0.3 is 4.74 Å². The molecule has 3 aromatic carbocycles. The lowest BCUT2D eigenvalue weighted by Crippen LogP contribution is -2.35. The summed E-state index contributed by atoms with van der Waals surface area (Å²) in [6, 6.07) is 22.6. The molecule has 246 valence electrons. The van der Waals surface area contributed by atoms with Gasteiger partial charge in [0.05, 0.1) is 16.2 Å². The normalized spacial score (nSPS) is 19.1. The average Bonchev–Trinajstić information content (AvgIpc) is 3.45. The van der Waals surface area contributed by atoms with Gasteiger partial charge in [-0.15, -0.1) is 0 Å². The monoisotopic (exact) mass is 653 g/mol. The Labute approximate surface area is 277 Å². The third-order valence-corrected chi connectivity index (χ3v) is 11.8. The van der Waals surface area contributed by atoms with Gasteiger partial charge in [-0.05, 0) is 106 Å². The van der Waals surface area contributed by atoms with E-state index >= 15 is 0 Å². The molecule has 47 heavy (non-hydrogen) atoms. The van der Waals surface area contributed by atoms with E-state index < -0.39 is 10.0 Å². The zero-order valence-electron chi connectivity index (χ0n) is 27.4. The number of ether oxygens (including phenoxy) is 1. The Morgan fingerprint density at radius 1 is 0.872 bits per heavy atom. The lowest BCUT2D eigenvalue weighted by atomic mass is 9.97. The molecule has 0 spiro atoms. The van der Waals surface area contributed by atoms with Crippen LogP contribution in [0.15, 0.2) is 77.7 Å². The van der Waals surface area contributed by atoms with Gasteiger partial charge in [-0.25, -0.2) is 8.42 Å². The largest absolute Gasteiger partial charge is 0.485 e. The predicted octanol–water partition coefficient (Wildman–Crippen LogP) is 6.93. The quantitative estimate of drug-likeness (QED) is 0.215. The first kappa shape index (κ1) is 31.6. The van der Waals surface area contributed by atoms with Gasteiger partial charge in [0.25, 0.3) is 5.91 Å². The Morgan fingerprint density at radius 3 is 2.19 bits per heavy atom. The van der Waals surface area contributed by atoms with Crippen LogP contribution in [0.25, 0.3) is 11.3 Å². The molecule has 2 saturated heterocycles. The Bertz CT molecular complexity index is 1860. The third kappa shape index (κ3) is 6.10. The van der Waals surface area contributed by atoms with Crippen molar-refractivity contribution in [2.24, 2.45) is 13.0 Å². The summed E-state index contributed by atoms with van der Waals surface area (Å²) in [5.41, 5.74) is 5.23. The first-order valence-electron chi connectivity index (χ1n) is 16.8. The number of nitrogens with zero attached hydrogens (tertiary/aromatic N) is 5. The number of carbonyl (C=O) groups is 1. The molecule has 9 nitrogen and oxygen atoms in total. The average molecular weight is 654 g/mol. The summed E-state index contributed by atoms with van der Waals surface area (Å²) < 4.78 is 36.4. The number of hydrogen-bond acceptors (Lipinski definition) is 6. The molecule has 1 aromatic heterocycles. The van der Waals surface area contributed by atoms with E-state index in [9.17, 15) is 13.2 Å². The van der Waals surface area contributed by atoms with Crippen molar-refractivity contribution >= 4 is 27.3 Å². The number of aromatic nitrogens is 2. The number of sulfonamides is 1. The molecular weight excluding hydrogens is 611 g/mol. The lowest BCUT2D eigenvalue weighted by Gasteiger charge is -2.30. The summed E-state index contributed by atoms with van der Waals surface area (Å²) in [7, 11) is -1.76. The minimum Gasteiger partial charge on any atom is -0.485 e. The van der Waals surface area contributed by atoms with Gasteiger partial charge in [0.1, 0.15) is 11.9 Å². The number of benzene rings is 3. The number of anilines is 2. The van der Waals surface area contributed by atoms with Gasteiger partial charge in [0.15, 0.2) is 5.69 Å². The van der Waals surface area contributed by atoms with E-state index in [0.29, 0.717) is 30.2 Å². The van der Waals surface area contributed by atoms with Crippen molar-refractivity contribution in [2.75, 3.05) is 31.1 Å². The van der Waals surface area contributed by atoms with Gasteiger partial charge >= 0.3 is 0 Å². The number of likely N-dealkylation sites (tertiary alicyclic amines) is 1. The molecule has 1 atom stereocenters. The van der Waals surface area contributed by atoms with Crippen LogP contribution in [0.2, 0.25) is 0 Å². The number of fused-ring (bicyclic) bond motifs is 3. The molecule has 0 N–H and O–H groups in total. The standard InChI is InChI=1S/C37H43N5O4S/c1-26-19-23-40(24-20-26)25-28-11-13-29(14-12-28)42(30-15-17-31(18-16-30)47(44,45)41-21-7-4-8-22-41)37(43)35-34-27(2)46-33-10-6-5-9-32(33)36(34)39(3)38-35/h5-6,9-18,26-27H,4,7-8,19-25H2,1-3H3. The van der Waals surface area contributed by atoms with Crippen LogP contribution in [0.4, 0.5) is 11.4 Å². The molecule has 0 saturated carbocycles. The van der Waals surface area contributed by atoms with Crippen LogP contribution in [-0.4, -0.2) is 59.5 Å². The van der Waals surface area contributed by atoms with Gasteiger partial charge in [-0.2, -0.15) is 9.40 Å². The maximum absolute atomic E-state index is 14.7. The molecule has 1 amide bonds. The molecule has 2 fully saturated rings. The van der Waals surface area contributed by atoms with E-state index in [-0.39, 0.29) is 16.9 Å². The Morgan fingerprint density at radius 2 is 1.51 bits per heavy atom. The van der Waals surface area contributed by atoms with Crippen LogP contribution >= 0.6 is 0 Å². The van der Waals surface area contributed by atoms with Crippen molar-refractivity contribution in [2.45, 2.75) is 63.5 Å². The number of amides is 1. The smallest absolute Gasteiger partial charge is 0.283 e. The van der Waals surface area contributed by atoms with Crippen LogP contribution in [-0.2, 0) is 23.6 Å². The number of piperidine rings is 2. The highest BCUT2D eigenvalue weighted by molar-refractivity contribution is 7.89. The minimum absolute atomic E-state index is 0.232. The highest BCUT2D eigenvalue weighted by Gasteiger charge is 2.35. The summed E-state index contributed by atoms with van der Waals surface area (Å²) in [6.45, 7) is 8.37. The molecule has 4 aromatic rings. The second-order valence-corrected chi connectivity index (χ2v) is 15.2. The number of aryl methyl sites for hydroxylation is 1. The molecule has 0 radical (unpaired) electrons. The maximum Gasteiger partial charge on any atom is 0.283 e. The van der Waals surface area contributed by atoms with Crippen molar-refractivity contribution in [1.29, 1.82) is 0 Å². The molecule has 7 rings (SSSR count). The molecule has 4 heterocycles. The SMILES string of the molecule is CC1CCN(Cc2ccc(N(C(=O)c3nn(C)c4c3C(C)Oc3ccccc3-4)c3ccc(S(=O)(=O)N4CCCCC4)cc3)cc2)CC1. The molecule has 3 aliphatic heterocycles. The third-order valence-electron chi connectivity index (χ3n) is 9.87. The van der Waals surface area contributed by atoms with Gasteiger partial charge in [-0.3, -0.25) is 19.3 Å². The van der Waals surface area contributed by atoms with Crippen molar-refractivity contribution in [3.8, 4) is 17.0 Å². The van der Waals surface area contributed by atoms with Gasteiger partial charge in [-0.1, -0.05) is 37.6 Å². The first-order chi connectivity index (χ1) is 22.7. The molecule has 10 heteroatoms. The summed E-state index contributed by atoms with van der Waals surface area (Å²) in [4.78, 5) is 19.1. The molecule has 3 aliphatic rings. The predicted molar refractivity (Wildman–Crippen MR) is 183 cm³/mol. The maximum atomic E-state index is 14.7. The van der Waals surface area contributed by atoms with E-state index in [1.54, 1.807) is 38.2 Å². The second-order valence-electron chi connectivity index (χ2n) is 13.2. The summed E-state index contributed by atoms with van der Waals surface area (Å²) in [5, 5.41) is 4.77. The summed E-state index contributed by atoms with van der Waals surface area (Å²) in [6.07, 6.45) is 4.82. The number of rotatable bonds is 7. The Kier molecular flexibility index (Phi) is 8.67. The van der Waals surface area contributed by atoms with Crippen LogP contribution in [0.5, 0.6) is 5.75 Å². The zero-order valence-corrected chi connectivity index (χ0v) is 28.2. The fourth-order valence-electron chi connectivity index (χ4n) is 7.16. The summed E-state index contributed by atoms with van der Waals surface area (Å²) >= 11 is 0. The molecular formula is C37H43N5O4S. The van der Waals surface area contributed by atoms with E-state index in [1.807, 2.05) is 50.4 Å². The van der Waals surface area contributed by atoms with Crippen LogP contribution in [0.3, 0.4) is 0 Å². The van der Waals surface area contributed by atoms with Gasteiger partial charge in [0.2, 0.25) is 10.0 Å². The fraction of sp³-hybridized carbons (Fsp3) is 0.405. The number of carbonyl (C=O) groups excluding carboxylic acids is 1. The topological polar surface area (TPSA) is 88.0 Å². The van der Waals surface area contributed by atoms with Crippen LogP contribution in [0, 0.1) is 5.92 Å². The fourth-order valence-corrected chi connectivity index (χ4v) is 8.67. The number of hydrogen-bond donors (Lipinski definition) is 0. The highest BCUT2D eigenvalue weighted by Crippen LogP contribution is 2.44. The van der Waals surface area contributed by atoms with Crippen LogP contribution in [0.1, 0.15) is 73.7 Å². The van der Waals surface area contributed by atoms with E-state index in [0.717, 1.165) is 67.4 Å². The Balaban J connectivity index is 1.25. The van der Waals surface area contributed by atoms with Crippen molar-refractivity contribution < 1.29 is 17.9 Å². The molecule has 0 aliphatic carbocycles. The second kappa shape index (κ2) is 12.9.